The zero-order chi connectivity index (χ0) is 10.8. The summed E-state index contributed by atoms with van der Waals surface area (Å²) in [5, 5.41) is 26.1. The summed E-state index contributed by atoms with van der Waals surface area (Å²) in [6.07, 6.45) is -0.381. The number of benzene rings is 1. The first-order chi connectivity index (χ1) is 6.38. The first-order valence-electron chi connectivity index (χ1n) is 3.94. The van der Waals surface area contributed by atoms with Crippen LogP contribution in [0.1, 0.15) is 15.9 Å². The first-order valence-corrected chi connectivity index (χ1v) is 3.94. The predicted molar refractivity (Wildman–Crippen MR) is 48.1 cm³/mol. The second-order valence-corrected chi connectivity index (χ2v) is 3.02. The molecule has 5 N–H and O–H groups in total. The van der Waals surface area contributed by atoms with Gasteiger partial charge in [0, 0.05) is 5.56 Å². The van der Waals surface area contributed by atoms with E-state index in [0.717, 1.165) is 0 Å². The lowest BCUT2D eigenvalue weighted by molar-refractivity contribution is -0.309. The lowest BCUT2D eigenvalue weighted by Crippen LogP contribution is -2.30. The summed E-state index contributed by atoms with van der Waals surface area (Å²) in [4.78, 5) is 10.8. The number of carbonyl (C=O) groups is 1. The molecular weight excluding hydrogens is 186 g/mol. The van der Waals surface area contributed by atoms with E-state index in [2.05, 4.69) is 0 Å². The van der Waals surface area contributed by atoms with Gasteiger partial charge in [0.05, 0.1) is 6.42 Å². The Morgan fingerprint density at radius 1 is 1.36 bits per heavy atom. The Hall–Kier alpha value is -1.43. The van der Waals surface area contributed by atoms with Crippen LogP contribution in [0.15, 0.2) is 24.3 Å². The second kappa shape index (κ2) is 3.75. The zero-order valence-corrected chi connectivity index (χ0v) is 7.34. The van der Waals surface area contributed by atoms with E-state index in [1.165, 1.54) is 12.1 Å². The van der Waals surface area contributed by atoms with Gasteiger partial charge in [-0.15, -0.1) is 0 Å². The fourth-order valence-corrected chi connectivity index (χ4v) is 1.11. The maximum absolute atomic E-state index is 10.8. The highest BCUT2D eigenvalue weighted by atomic mass is 16.7. The van der Waals surface area contributed by atoms with Gasteiger partial charge < -0.3 is 21.1 Å². The maximum atomic E-state index is 10.8. The quantitative estimate of drug-likeness (QED) is 0.464. The van der Waals surface area contributed by atoms with Crippen molar-refractivity contribution >= 4 is 5.91 Å². The van der Waals surface area contributed by atoms with E-state index >= 15 is 0 Å². The number of primary amides is 1. The summed E-state index contributed by atoms with van der Waals surface area (Å²) in [6.45, 7) is 0. The van der Waals surface area contributed by atoms with Gasteiger partial charge in [-0.3, -0.25) is 4.79 Å². The molecule has 0 radical (unpaired) electrons. The number of aliphatic hydroxyl groups is 3. The van der Waals surface area contributed by atoms with E-state index in [1.54, 1.807) is 12.1 Å². The molecule has 1 aromatic rings. The Kier molecular flexibility index (Phi) is 2.85. The van der Waals surface area contributed by atoms with Crippen LogP contribution in [0.25, 0.3) is 0 Å². The fraction of sp³-hybridized carbons (Fsp3) is 0.222. The topological polar surface area (TPSA) is 104 Å². The van der Waals surface area contributed by atoms with Crippen molar-refractivity contribution in [1.29, 1.82) is 0 Å². The highest BCUT2D eigenvalue weighted by Gasteiger charge is 2.18. The average molecular weight is 197 g/mol. The number of amides is 1. The second-order valence-electron chi connectivity index (χ2n) is 3.02. The van der Waals surface area contributed by atoms with Gasteiger partial charge in [0.1, 0.15) is 0 Å². The van der Waals surface area contributed by atoms with Crippen LogP contribution in [0, 0.1) is 0 Å². The Labute approximate surface area is 80.4 Å². The summed E-state index contributed by atoms with van der Waals surface area (Å²) in [7, 11) is 0. The third-order valence-electron chi connectivity index (χ3n) is 1.65. The van der Waals surface area contributed by atoms with Crippen molar-refractivity contribution in [2.75, 3.05) is 0 Å². The molecular formula is C9H11NO4. The van der Waals surface area contributed by atoms with Crippen LogP contribution < -0.4 is 5.73 Å². The van der Waals surface area contributed by atoms with Gasteiger partial charge in [-0.1, -0.05) is 12.1 Å². The average Bonchev–Trinajstić information content (AvgIpc) is 2.01. The van der Waals surface area contributed by atoms with Crippen molar-refractivity contribution in [3.8, 4) is 0 Å². The molecule has 0 aliphatic rings. The van der Waals surface area contributed by atoms with E-state index in [1.807, 2.05) is 0 Å². The molecule has 0 saturated heterocycles. The van der Waals surface area contributed by atoms with E-state index < -0.39 is 11.9 Å². The van der Waals surface area contributed by atoms with E-state index in [9.17, 15) is 4.79 Å². The van der Waals surface area contributed by atoms with Crippen molar-refractivity contribution in [2.45, 2.75) is 12.4 Å². The molecule has 0 saturated carbocycles. The molecule has 0 atom stereocenters. The highest BCUT2D eigenvalue weighted by Crippen LogP contribution is 2.10. The Bertz CT molecular complexity index is 343. The van der Waals surface area contributed by atoms with Gasteiger partial charge in [0.25, 0.3) is 5.97 Å². The lowest BCUT2D eigenvalue weighted by atomic mass is 10.1. The molecule has 0 bridgehead atoms. The van der Waals surface area contributed by atoms with Crippen LogP contribution in [-0.4, -0.2) is 27.2 Å². The minimum atomic E-state index is -2.77. The van der Waals surface area contributed by atoms with Crippen molar-refractivity contribution < 1.29 is 20.1 Å². The normalized spacial score (nSPS) is 11.4. The summed E-state index contributed by atoms with van der Waals surface area (Å²) in [5.74, 6) is -3.37. The molecule has 5 heteroatoms. The third kappa shape index (κ3) is 3.14. The maximum Gasteiger partial charge on any atom is 0.279 e. The van der Waals surface area contributed by atoms with Crippen LogP contribution in [-0.2, 0) is 6.42 Å². The lowest BCUT2D eigenvalue weighted by Gasteiger charge is -2.13. The number of rotatable bonds is 3. The zero-order valence-electron chi connectivity index (χ0n) is 7.34. The van der Waals surface area contributed by atoms with Crippen LogP contribution in [0.2, 0.25) is 0 Å². The molecule has 0 aliphatic heterocycles. The smallest absolute Gasteiger partial charge is 0.279 e. The molecule has 1 rings (SSSR count). The summed E-state index contributed by atoms with van der Waals surface area (Å²) in [5.41, 5.74) is 5.69. The van der Waals surface area contributed by atoms with Gasteiger partial charge in [0.15, 0.2) is 0 Å². The largest absolute Gasteiger partial charge is 0.366 e. The van der Waals surface area contributed by atoms with Gasteiger partial charge >= 0.3 is 0 Å². The summed E-state index contributed by atoms with van der Waals surface area (Å²) >= 11 is 0. The first kappa shape index (κ1) is 10.6. The standard InChI is InChI=1S/C9H11NO4/c10-8(11)7-3-1-2-6(4-7)5-9(12,13)14/h1-4,12-14H,5H2,(H2,10,11). The molecule has 0 heterocycles. The fourth-order valence-electron chi connectivity index (χ4n) is 1.11. The van der Waals surface area contributed by atoms with Crippen molar-refractivity contribution in [1.82, 2.24) is 0 Å². The molecule has 0 fully saturated rings. The Balaban J connectivity index is 2.89. The molecule has 76 valence electrons. The van der Waals surface area contributed by atoms with Crippen molar-refractivity contribution in [2.24, 2.45) is 5.73 Å². The Morgan fingerprint density at radius 3 is 2.50 bits per heavy atom. The molecule has 5 nitrogen and oxygen atoms in total. The summed E-state index contributed by atoms with van der Waals surface area (Å²) < 4.78 is 0. The SMILES string of the molecule is NC(=O)c1cccc(CC(O)(O)O)c1. The van der Waals surface area contributed by atoms with Gasteiger partial charge in [-0.05, 0) is 17.7 Å². The molecule has 0 aromatic heterocycles. The van der Waals surface area contributed by atoms with Gasteiger partial charge in [-0.2, -0.15) is 0 Å². The van der Waals surface area contributed by atoms with Crippen molar-refractivity contribution in [3.63, 3.8) is 0 Å². The monoisotopic (exact) mass is 197 g/mol. The van der Waals surface area contributed by atoms with Crippen LogP contribution in [0.5, 0.6) is 0 Å². The molecule has 0 aliphatic carbocycles. The number of hydrogen-bond donors (Lipinski definition) is 4. The number of carbonyl (C=O) groups excluding carboxylic acids is 1. The molecule has 1 amide bonds. The molecule has 0 unspecified atom stereocenters. The molecule has 14 heavy (non-hydrogen) atoms. The highest BCUT2D eigenvalue weighted by molar-refractivity contribution is 5.92. The van der Waals surface area contributed by atoms with E-state index in [-0.39, 0.29) is 12.0 Å². The van der Waals surface area contributed by atoms with E-state index in [4.69, 9.17) is 21.1 Å². The molecule has 1 aromatic carbocycles. The predicted octanol–water partition coefficient (Wildman–Crippen LogP) is -1.04. The van der Waals surface area contributed by atoms with E-state index in [0.29, 0.717) is 5.56 Å². The minimum Gasteiger partial charge on any atom is -0.366 e. The summed E-state index contributed by atoms with van der Waals surface area (Å²) in [6, 6.07) is 5.98. The number of hydrogen-bond acceptors (Lipinski definition) is 4. The van der Waals surface area contributed by atoms with Gasteiger partial charge in [0.2, 0.25) is 5.91 Å². The minimum absolute atomic E-state index is 0.256. The number of nitrogens with two attached hydrogens (primary N) is 1. The van der Waals surface area contributed by atoms with Crippen molar-refractivity contribution in [3.05, 3.63) is 35.4 Å². The Morgan fingerprint density at radius 2 is 2.00 bits per heavy atom. The van der Waals surface area contributed by atoms with Crippen LogP contribution in [0.3, 0.4) is 0 Å². The molecule has 0 spiro atoms. The third-order valence-corrected chi connectivity index (χ3v) is 1.65. The van der Waals surface area contributed by atoms with Crippen LogP contribution in [0.4, 0.5) is 0 Å². The van der Waals surface area contributed by atoms with Crippen LogP contribution >= 0.6 is 0 Å². The van der Waals surface area contributed by atoms with Gasteiger partial charge in [-0.25, -0.2) is 0 Å².